The number of rotatable bonds is 6. The van der Waals surface area contributed by atoms with Gasteiger partial charge in [0.1, 0.15) is 4.90 Å². The number of nitrogens with zero attached hydrogens (tertiary/aromatic N) is 2. The van der Waals surface area contributed by atoms with Gasteiger partial charge in [0.25, 0.3) is 5.91 Å². The summed E-state index contributed by atoms with van der Waals surface area (Å²) in [5, 5.41) is 0.521. The normalized spacial score (nSPS) is 18.0. The molecule has 1 aromatic heterocycles. The summed E-state index contributed by atoms with van der Waals surface area (Å²) in [5.74, 6) is 0.381. The SMILES string of the molecule is CC(C)(C)NS(=O)(=O)c1ccc(-c2sc(C(=O)N3CCOCC3)nc2CC2CCCCC2)c(Cl)c1Cl. The topological polar surface area (TPSA) is 88.6 Å². The van der Waals surface area contributed by atoms with Gasteiger partial charge >= 0.3 is 0 Å². The first-order valence-corrected chi connectivity index (χ1v) is 15.4. The van der Waals surface area contributed by atoms with Crippen LogP contribution in [0.4, 0.5) is 0 Å². The van der Waals surface area contributed by atoms with E-state index < -0.39 is 15.6 Å². The average molecular weight is 575 g/mol. The van der Waals surface area contributed by atoms with Crippen LogP contribution in [0.3, 0.4) is 0 Å². The lowest BCUT2D eigenvalue weighted by atomic mass is 9.85. The molecule has 7 nitrogen and oxygen atoms in total. The number of hydrogen-bond acceptors (Lipinski definition) is 6. The van der Waals surface area contributed by atoms with Crippen LogP contribution in [0.2, 0.25) is 10.0 Å². The number of aromatic nitrogens is 1. The molecule has 11 heteroatoms. The van der Waals surface area contributed by atoms with Gasteiger partial charge in [-0.25, -0.2) is 18.1 Å². The van der Waals surface area contributed by atoms with E-state index in [1.165, 1.54) is 36.7 Å². The number of nitrogens with one attached hydrogen (secondary N) is 1. The maximum Gasteiger partial charge on any atom is 0.283 e. The van der Waals surface area contributed by atoms with Gasteiger partial charge in [-0.2, -0.15) is 0 Å². The monoisotopic (exact) mass is 573 g/mol. The van der Waals surface area contributed by atoms with Gasteiger partial charge in [0.2, 0.25) is 10.0 Å². The van der Waals surface area contributed by atoms with Gasteiger partial charge in [-0.3, -0.25) is 4.79 Å². The molecule has 198 valence electrons. The summed E-state index contributed by atoms with van der Waals surface area (Å²) in [7, 11) is -3.88. The predicted octanol–water partition coefficient (Wildman–Crippen LogP) is 5.79. The molecule has 1 N–H and O–H groups in total. The molecule has 2 aliphatic rings. The quantitative estimate of drug-likeness (QED) is 0.472. The second kappa shape index (κ2) is 11.3. The fraction of sp³-hybridized carbons (Fsp3) is 0.600. The first kappa shape index (κ1) is 27.8. The van der Waals surface area contributed by atoms with Crippen molar-refractivity contribution in [2.45, 2.75) is 69.7 Å². The number of carbonyl (C=O) groups is 1. The van der Waals surface area contributed by atoms with Gasteiger partial charge in [0.05, 0.1) is 33.8 Å². The van der Waals surface area contributed by atoms with Gasteiger partial charge in [0, 0.05) is 24.2 Å². The smallest absolute Gasteiger partial charge is 0.283 e. The molecule has 1 saturated heterocycles. The van der Waals surface area contributed by atoms with E-state index in [2.05, 4.69) is 4.72 Å². The van der Waals surface area contributed by atoms with E-state index in [1.54, 1.807) is 31.7 Å². The van der Waals surface area contributed by atoms with Crippen LogP contribution in [0, 0.1) is 5.92 Å². The van der Waals surface area contributed by atoms with Crippen molar-refractivity contribution in [3.63, 3.8) is 0 Å². The van der Waals surface area contributed by atoms with E-state index >= 15 is 0 Å². The van der Waals surface area contributed by atoms with Crippen LogP contribution >= 0.6 is 34.5 Å². The minimum absolute atomic E-state index is 0.0380. The Bertz CT molecular complexity index is 1210. The van der Waals surface area contributed by atoms with Crippen LogP contribution in [0.1, 0.15) is 68.4 Å². The van der Waals surface area contributed by atoms with E-state index in [9.17, 15) is 13.2 Å². The van der Waals surface area contributed by atoms with E-state index in [0.29, 0.717) is 42.8 Å². The fourth-order valence-electron chi connectivity index (χ4n) is 4.73. The Morgan fingerprint density at radius 2 is 1.81 bits per heavy atom. The van der Waals surface area contributed by atoms with Crippen molar-refractivity contribution in [1.29, 1.82) is 0 Å². The highest BCUT2D eigenvalue weighted by Gasteiger charge is 2.30. The Morgan fingerprint density at radius 1 is 1.14 bits per heavy atom. The molecule has 0 bridgehead atoms. The number of amides is 1. The van der Waals surface area contributed by atoms with Crippen molar-refractivity contribution in [1.82, 2.24) is 14.6 Å². The maximum absolute atomic E-state index is 13.2. The number of benzene rings is 1. The molecule has 2 heterocycles. The first-order valence-electron chi connectivity index (χ1n) is 12.4. The predicted molar refractivity (Wildman–Crippen MR) is 145 cm³/mol. The van der Waals surface area contributed by atoms with Crippen LogP contribution in [-0.2, 0) is 21.2 Å². The molecule has 1 aromatic carbocycles. The third-order valence-electron chi connectivity index (χ3n) is 6.41. The number of ether oxygens (including phenoxy) is 1. The lowest BCUT2D eigenvalue weighted by molar-refractivity contribution is 0.0302. The summed E-state index contributed by atoms with van der Waals surface area (Å²) in [6.45, 7) is 7.37. The van der Waals surface area contributed by atoms with Gasteiger partial charge in [-0.15, -0.1) is 11.3 Å². The number of hydrogen-bond donors (Lipinski definition) is 1. The molecule has 0 unspecified atom stereocenters. The van der Waals surface area contributed by atoms with E-state index in [4.69, 9.17) is 32.9 Å². The van der Waals surface area contributed by atoms with Gasteiger partial charge in [-0.1, -0.05) is 61.4 Å². The molecule has 1 amide bonds. The van der Waals surface area contributed by atoms with Crippen molar-refractivity contribution >= 4 is 50.5 Å². The van der Waals surface area contributed by atoms with Crippen LogP contribution in [-0.4, -0.2) is 56.1 Å². The molecule has 0 atom stereocenters. The zero-order chi connectivity index (χ0) is 26.1. The Balaban J connectivity index is 1.73. The summed E-state index contributed by atoms with van der Waals surface area (Å²) in [5.41, 5.74) is 0.748. The lowest BCUT2D eigenvalue weighted by Gasteiger charge is -2.25. The molecule has 1 saturated carbocycles. The molecule has 0 radical (unpaired) electrons. The number of thiazole rings is 1. The van der Waals surface area contributed by atoms with Crippen LogP contribution in [0.5, 0.6) is 0 Å². The van der Waals surface area contributed by atoms with Crippen molar-refractivity contribution in [3.05, 3.63) is 32.9 Å². The Morgan fingerprint density at radius 3 is 2.44 bits per heavy atom. The molecule has 4 rings (SSSR count). The average Bonchev–Trinajstić information content (AvgIpc) is 3.23. The van der Waals surface area contributed by atoms with E-state index in [0.717, 1.165) is 29.8 Å². The second-order valence-electron chi connectivity index (χ2n) is 10.5. The molecule has 1 aliphatic carbocycles. The zero-order valence-electron chi connectivity index (χ0n) is 20.9. The minimum atomic E-state index is -3.88. The zero-order valence-corrected chi connectivity index (χ0v) is 24.0. The summed E-state index contributed by atoms with van der Waals surface area (Å²) < 4.78 is 33.9. The van der Waals surface area contributed by atoms with Gasteiger partial charge in [0.15, 0.2) is 5.01 Å². The maximum atomic E-state index is 13.2. The summed E-state index contributed by atoms with van der Waals surface area (Å²) >= 11 is 14.5. The number of morpholine rings is 1. The molecule has 0 spiro atoms. The van der Waals surface area contributed by atoms with Crippen LogP contribution in [0.25, 0.3) is 10.4 Å². The molecule has 2 fully saturated rings. The van der Waals surface area contributed by atoms with Gasteiger partial charge < -0.3 is 9.64 Å². The molecule has 2 aromatic rings. The highest BCUT2D eigenvalue weighted by molar-refractivity contribution is 7.89. The van der Waals surface area contributed by atoms with Crippen molar-refractivity contribution in [2.24, 2.45) is 5.92 Å². The highest BCUT2D eigenvalue weighted by Crippen LogP contribution is 2.43. The fourth-order valence-corrected chi connectivity index (χ4v) is 8.17. The van der Waals surface area contributed by atoms with Gasteiger partial charge in [-0.05, 0) is 39.2 Å². The summed E-state index contributed by atoms with van der Waals surface area (Å²) in [4.78, 5) is 20.5. The molecular formula is C25H33Cl2N3O4S2. The van der Waals surface area contributed by atoms with Crippen molar-refractivity contribution in [2.75, 3.05) is 26.3 Å². The largest absolute Gasteiger partial charge is 0.378 e. The van der Waals surface area contributed by atoms with E-state index in [-0.39, 0.29) is 20.8 Å². The Kier molecular flexibility index (Phi) is 8.69. The van der Waals surface area contributed by atoms with Crippen LogP contribution < -0.4 is 4.72 Å². The Hall–Kier alpha value is -1.23. The third-order valence-corrected chi connectivity index (χ3v) is 10.3. The number of sulfonamides is 1. The highest BCUT2D eigenvalue weighted by atomic mass is 35.5. The van der Waals surface area contributed by atoms with Crippen molar-refractivity contribution in [3.8, 4) is 10.4 Å². The lowest BCUT2D eigenvalue weighted by Crippen LogP contribution is -2.40. The first-order chi connectivity index (χ1) is 17.0. The number of halogens is 2. The molecular weight excluding hydrogens is 541 g/mol. The van der Waals surface area contributed by atoms with E-state index in [1.807, 2.05) is 0 Å². The Labute approximate surface area is 227 Å². The third kappa shape index (κ3) is 6.42. The summed E-state index contributed by atoms with van der Waals surface area (Å²) in [6, 6.07) is 3.15. The second-order valence-corrected chi connectivity index (χ2v) is 13.9. The number of carbonyl (C=O) groups excluding carboxylic acids is 1. The van der Waals surface area contributed by atoms with Crippen molar-refractivity contribution < 1.29 is 17.9 Å². The van der Waals surface area contributed by atoms with Crippen LogP contribution in [0.15, 0.2) is 17.0 Å². The standard InChI is InChI=1S/C25H33Cl2N3O4S2/c1-25(2,3)29-36(32,33)19-10-9-17(20(26)21(19)27)22-18(15-16-7-5-4-6-8-16)28-23(35-22)24(31)30-11-13-34-14-12-30/h9-10,16,29H,4-8,11-15H2,1-3H3. The molecule has 1 aliphatic heterocycles. The molecule has 36 heavy (non-hydrogen) atoms. The summed E-state index contributed by atoms with van der Waals surface area (Å²) in [6.07, 6.45) is 6.66. The minimum Gasteiger partial charge on any atom is -0.378 e.